The predicted molar refractivity (Wildman–Crippen MR) is 121 cm³/mol. The second-order valence-electron chi connectivity index (χ2n) is 7.22. The van der Waals surface area contributed by atoms with Crippen LogP contribution in [-0.4, -0.2) is 7.11 Å². The normalized spacial score (nSPS) is 10.4. The van der Waals surface area contributed by atoms with Gasteiger partial charge in [-0.1, -0.05) is 54.1 Å². The van der Waals surface area contributed by atoms with E-state index in [9.17, 15) is 0 Å². The number of allylic oxidation sites excluding steroid dienone is 1. The highest BCUT2D eigenvalue weighted by Crippen LogP contribution is 2.34. The molecule has 0 radical (unpaired) electrons. The van der Waals surface area contributed by atoms with E-state index in [2.05, 4.69) is 68.2 Å². The van der Waals surface area contributed by atoms with Gasteiger partial charge in [-0.3, -0.25) is 0 Å². The van der Waals surface area contributed by atoms with Crippen LogP contribution in [0.5, 0.6) is 11.5 Å². The second kappa shape index (κ2) is 9.83. The molecular weight excluding hydrogens is 358 g/mol. The van der Waals surface area contributed by atoms with Crippen LogP contribution in [0, 0.1) is 13.8 Å². The number of methoxy groups -OCH3 is 1. The zero-order valence-corrected chi connectivity index (χ0v) is 17.5. The summed E-state index contributed by atoms with van der Waals surface area (Å²) >= 11 is 0. The average molecular weight is 388 g/mol. The van der Waals surface area contributed by atoms with Gasteiger partial charge in [-0.2, -0.15) is 0 Å². The molecule has 3 aromatic rings. The number of ether oxygens (including phenoxy) is 2. The van der Waals surface area contributed by atoms with Crippen molar-refractivity contribution < 1.29 is 9.47 Å². The minimum Gasteiger partial charge on any atom is -0.493 e. The van der Waals surface area contributed by atoms with E-state index in [-0.39, 0.29) is 0 Å². The number of hydrogen-bond donors (Lipinski definition) is 1. The molecule has 0 aliphatic carbocycles. The van der Waals surface area contributed by atoms with Gasteiger partial charge < -0.3 is 14.8 Å². The van der Waals surface area contributed by atoms with Crippen molar-refractivity contribution in [3.63, 3.8) is 0 Å². The molecule has 0 unspecified atom stereocenters. The van der Waals surface area contributed by atoms with Crippen molar-refractivity contribution in [2.45, 2.75) is 33.4 Å². The van der Waals surface area contributed by atoms with E-state index in [1.807, 2.05) is 24.3 Å². The molecule has 0 aliphatic heterocycles. The summed E-state index contributed by atoms with van der Waals surface area (Å²) in [7, 11) is 1.68. The molecule has 3 heteroatoms. The van der Waals surface area contributed by atoms with E-state index in [0.717, 1.165) is 40.3 Å². The molecule has 0 saturated carbocycles. The Morgan fingerprint density at radius 3 is 2.41 bits per heavy atom. The van der Waals surface area contributed by atoms with Crippen LogP contribution >= 0.6 is 0 Å². The number of aryl methyl sites for hydroxylation is 2. The van der Waals surface area contributed by atoms with Gasteiger partial charge in [0.25, 0.3) is 0 Å². The summed E-state index contributed by atoms with van der Waals surface area (Å²) in [4.78, 5) is 0. The SMILES string of the molecule is C=CCc1cc(CNc2ccccc2C)cc(OC)c1OCc1ccc(C)cc1. The number of hydrogen-bond acceptors (Lipinski definition) is 3. The fraction of sp³-hybridized carbons (Fsp3) is 0.231. The Hall–Kier alpha value is -3.20. The summed E-state index contributed by atoms with van der Waals surface area (Å²) in [6.45, 7) is 9.31. The van der Waals surface area contributed by atoms with Crippen molar-refractivity contribution in [2.24, 2.45) is 0 Å². The zero-order chi connectivity index (χ0) is 20.6. The maximum atomic E-state index is 6.18. The van der Waals surface area contributed by atoms with Gasteiger partial charge in [0.15, 0.2) is 11.5 Å². The molecule has 0 saturated heterocycles. The second-order valence-corrected chi connectivity index (χ2v) is 7.22. The predicted octanol–water partition coefficient (Wildman–Crippen LogP) is 6.23. The van der Waals surface area contributed by atoms with E-state index < -0.39 is 0 Å². The highest BCUT2D eigenvalue weighted by atomic mass is 16.5. The first kappa shape index (κ1) is 20.5. The molecule has 1 N–H and O–H groups in total. The first-order chi connectivity index (χ1) is 14.1. The minimum atomic E-state index is 0.502. The van der Waals surface area contributed by atoms with Crippen molar-refractivity contribution >= 4 is 5.69 Å². The first-order valence-electron chi connectivity index (χ1n) is 9.89. The number of para-hydroxylation sites is 1. The van der Waals surface area contributed by atoms with Crippen LogP contribution in [0.2, 0.25) is 0 Å². The lowest BCUT2D eigenvalue weighted by atomic mass is 10.0. The Kier molecular flexibility index (Phi) is 6.96. The molecule has 3 aromatic carbocycles. The van der Waals surface area contributed by atoms with Gasteiger partial charge in [0.1, 0.15) is 6.61 Å². The molecule has 3 rings (SSSR count). The van der Waals surface area contributed by atoms with Crippen LogP contribution in [0.1, 0.15) is 27.8 Å². The maximum absolute atomic E-state index is 6.18. The van der Waals surface area contributed by atoms with Gasteiger partial charge in [0, 0.05) is 17.8 Å². The maximum Gasteiger partial charge on any atom is 0.165 e. The van der Waals surface area contributed by atoms with Crippen molar-refractivity contribution in [1.29, 1.82) is 0 Å². The average Bonchev–Trinajstić information content (AvgIpc) is 2.73. The van der Waals surface area contributed by atoms with E-state index >= 15 is 0 Å². The van der Waals surface area contributed by atoms with Gasteiger partial charge in [-0.15, -0.1) is 6.58 Å². The summed E-state index contributed by atoms with van der Waals surface area (Å²) in [5, 5.41) is 3.51. The molecular formula is C26H29NO2. The van der Waals surface area contributed by atoms with E-state index in [4.69, 9.17) is 9.47 Å². The molecule has 0 aromatic heterocycles. The molecule has 0 amide bonds. The van der Waals surface area contributed by atoms with Crippen LogP contribution in [-0.2, 0) is 19.6 Å². The highest BCUT2D eigenvalue weighted by molar-refractivity contribution is 5.53. The van der Waals surface area contributed by atoms with Gasteiger partial charge in [0.2, 0.25) is 0 Å². The van der Waals surface area contributed by atoms with Crippen LogP contribution < -0.4 is 14.8 Å². The Labute approximate surface area is 174 Å². The smallest absolute Gasteiger partial charge is 0.165 e. The highest BCUT2D eigenvalue weighted by Gasteiger charge is 2.13. The largest absolute Gasteiger partial charge is 0.493 e. The molecule has 150 valence electrons. The van der Waals surface area contributed by atoms with Crippen molar-refractivity contribution in [3.05, 3.63) is 101 Å². The van der Waals surface area contributed by atoms with Gasteiger partial charge in [-0.05, 0) is 55.2 Å². The third-order valence-electron chi connectivity index (χ3n) is 4.91. The summed E-state index contributed by atoms with van der Waals surface area (Å²) in [5.74, 6) is 1.53. The Morgan fingerprint density at radius 2 is 1.72 bits per heavy atom. The molecule has 29 heavy (non-hydrogen) atoms. The van der Waals surface area contributed by atoms with Crippen molar-refractivity contribution in [1.82, 2.24) is 0 Å². The zero-order valence-electron chi connectivity index (χ0n) is 17.5. The van der Waals surface area contributed by atoms with Gasteiger partial charge in [-0.25, -0.2) is 0 Å². The van der Waals surface area contributed by atoms with E-state index in [0.29, 0.717) is 13.2 Å². The Morgan fingerprint density at radius 1 is 0.966 bits per heavy atom. The molecule has 0 spiro atoms. The van der Waals surface area contributed by atoms with Crippen molar-refractivity contribution in [2.75, 3.05) is 12.4 Å². The lowest BCUT2D eigenvalue weighted by molar-refractivity contribution is 0.281. The summed E-state index contributed by atoms with van der Waals surface area (Å²) in [6.07, 6.45) is 2.61. The number of anilines is 1. The number of nitrogens with one attached hydrogen (secondary N) is 1. The third kappa shape index (κ3) is 5.41. The fourth-order valence-corrected chi connectivity index (χ4v) is 3.26. The third-order valence-corrected chi connectivity index (χ3v) is 4.91. The van der Waals surface area contributed by atoms with Crippen molar-refractivity contribution in [3.8, 4) is 11.5 Å². The van der Waals surface area contributed by atoms with Crippen LogP contribution in [0.15, 0.2) is 73.3 Å². The first-order valence-corrected chi connectivity index (χ1v) is 9.89. The van der Waals surface area contributed by atoms with Crippen LogP contribution in [0.25, 0.3) is 0 Å². The Balaban J connectivity index is 1.81. The fourth-order valence-electron chi connectivity index (χ4n) is 3.26. The quantitative estimate of drug-likeness (QED) is 0.441. The van der Waals surface area contributed by atoms with Crippen LogP contribution in [0.3, 0.4) is 0 Å². The lowest BCUT2D eigenvalue weighted by Crippen LogP contribution is -2.05. The van der Waals surface area contributed by atoms with Gasteiger partial charge >= 0.3 is 0 Å². The monoisotopic (exact) mass is 387 g/mol. The molecule has 0 fully saturated rings. The van der Waals surface area contributed by atoms with Crippen LogP contribution in [0.4, 0.5) is 5.69 Å². The summed E-state index contributed by atoms with van der Waals surface area (Å²) in [5.41, 5.74) is 6.95. The summed E-state index contributed by atoms with van der Waals surface area (Å²) in [6, 6.07) is 20.9. The van der Waals surface area contributed by atoms with Gasteiger partial charge in [0.05, 0.1) is 7.11 Å². The molecule has 0 aliphatic rings. The number of rotatable bonds is 9. The van der Waals surface area contributed by atoms with E-state index in [1.165, 1.54) is 11.1 Å². The Bertz CT molecular complexity index is 961. The topological polar surface area (TPSA) is 30.5 Å². The molecule has 0 atom stereocenters. The minimum absolute atomic E-state index is 0.502. The van der Waals surface area contributed by atoms with E-state index in [1.54, 1.807) is 7.11 Å². The molecule has 0 heterocycles. The molecule has 3 nitrogen and oxygen atoms in total. The lowest BCUT2D eigenvalue weighted by Gasteiger charge is -2.17. The summed E-state index contributed by atoms with van der Waals surface area (Å²) < 4.78 is 11.9. The number of benzene rings is 3. The standard InChI is InChI=1S/C26H29NO2/c1-5-8-23-15-22(17-27-24-10-7-6-9-20(24)3)16-25(28-4)26(23)29-18-21-13-11-19(2)12-14-21/h5-7,9-16,27H,1,8,17-18H2,2-4H3. The molecule has 0 bridgehead atoms.